The first-order valence-electron chi connectivity index (χ1n) is 11.5. The van der Waals surface area contributed by atoms with E-state index < -0.39 is 63.7 Å². The van der Waals surface area contributed by atoms with E-state index in [1.165, 1.54) is 7.05 Å². The van der Waals surface area contributed by atoms with Gasteiger partial charge in [-0.3, -0.25) is 4.57 Å². The molecule has 40 heavy (non-hydrogen) atoms. The second kappa shape index (κ2) is 8.19. The molecule has 5 rings (SSSR count). The maximum atomic E-state index is 14.6. The van der Waals surface area contributed by atoms with Crippen molar-refractivity contribution in [2.45, 2.75) is 31.1 Å². The summed E-state index contributed by atoms with van der Waals surface area (Å²) in [5.74, 6) is -4.08. The number of aryl methyl sites for hydroxylation is 1. The molecule has 2 heterocycles. The number of aromatic hydroxyl groups is 6. The largest absolute Gasteiger partial charge is 0.508 e. The Hall–Kier alpha value is -4.62. The molecular weight excluding hydrogens is 550 g/mol. The summed E-state index contributed by atoms with van der Waals surface area (Å²) < 4.78 is 89.3. The zero-order valence-electron chi connectivity index (χ0n) is 20.5. The third-order valence-corrected chi connectivity index (χ3v) is 7.38. The minimum Gasteiger partial charge on any atom is -0.508 e. The van der Waals surface area contributed by atoms with Crippen molar-refractivity contribution < 1.29 is 57.0 Å². The highest BCUT2D eigenvalue weighted by Crippen LogP contribution is 2.59. The van der Waals surface area contributed by atoms with Crippen LogP contribution in [0.4, 0.5) is 26.3 Å². The Labute approximate surface area is 220 Å². The maximum absolute atomic E-state index is 14.6. The van der Waals surface area contributed by atoms with Crippen LogP contribution in [0.1, 0.15) is 27.8 Å². The van der Waals surface area contributed by atoms with Crippen molar-refractivity contribution in [3.05, 3.63) is 64.2 Å². The van der Waals surface area contributed by atoms with Gasteiger partial charge >= 0.3 is 12.4 Å². The molecule has 0 saturated carbocycles. The zero-order valence-corrected chi connectivity index (χ0v) is 20.5. The lowest BCUT2D eigenvalue weighted by Crippen LogP contribution is -2.54. The van der Waals surface area contributed by atoms with Crippen LogP contribution in [0.25, 0.3) is 16.8 Å². The van der Waals surface area contributed by atoms with Crippen LogP contribution in [0, 0.1) is 6.92 Å². The van der Waals surface area contributed by atoms with Crippen LogP contribution >= 0.6 is 0 Å². The van der Waals surface area contributed by atoms with Crippen LogP contribution in [0.15, 0.2) is 36.4 Å². The summed E-state index contributed by atoms with van der Waals surface area (Å²) in [7, 11) is 1.30. The highest BCUT2D eigenvalue weighted by Gasteiger charge is 2.72. The molecule has 2 aromatic heterocycles. The van der Waals surface area contributed by atoms with Gasteiger partial charge in [-0.05, 0) is 41.8 Å². The van der Waals surface area contributed by atoms with Crippen LogP contribution in [-0.4, -0.2) is 52.1 Å². The fourth-order valence-electron chi connectivity index (χ4n) is 5.38. The molecule has 0 saturated heterocycles. The lowest BCUT2D eigenvalue weighted by molar-refractivity contribution is -0.288. The molecule has 1 aliphatic carbocycles. The minimum atomic E-state index is -5.99. The molecular formula is C26H20F6N2O6. The van der Waals surface area contributed by atoms with Crippen LogP contribution in [0.3, 0.4) is 0 Å². The van der Waals surface area contributed by atoms with Gasteiger partial charge < -0.3 is 30.6 Å². The highest BCUT2D eigenvalue weighted by atomic mass is 19.4. The summed E-state index contributed by atoms with van der Waals surface area (Å²) in [6.07, 6.45) is -12.2. The molecule has 212 valence electrons. The van der Waals surface area contributed by atoms with E-state index in [0.717, 1.165) is 11.5 Å². The number of hydrogen-bond donors (Lipinski definition) is 6. The lowest BCUT2D eigenvalue weighted by Gasteiger charge is -2.38. The van der Waals surface area contributed by atoms with Crippen molar-refractivity contribution >= 4 is 0 Å². The highest BCUT2D eigenvalue weighted by molar-refractivity contribution is 5.89. The van der Waals surface area contributed by atoms with E-state index in [9.17, 15) is 57.0 Å². The van der Waals surface area contributed by atoms with Gasteiger partial charge in [0, 0.05) is 24.6 Å². The van der Waals surface area contributed by atoms with Gasteiger partial charge in [0.25, 0.3) is 0 Å². The summed E-state index contributed by atoms with van der Waals surface area (Å²) in [5.41, 5.74) is -8.70. The fraction of sp³-hybridized carbons (Fsp3) is 0.231. The topological polar surface area (TPSA) is 131 Å². The summed E-state index contributed by atoms with van der Waals surface area (Å²) in [5, 5.41) is 62.8. The van der Waals surface area contributed by atoms with E-state index in [-0.39, 0.29) is 40.1 Å². The monoisotopic (exact) mass is 570 g/mol. The summed E-state index contributed by atoms with van der Waals surface area (Å²) in [6, 6.07) is 3.06. The second-order valence-corrected chi connectivity index (χ2v) is 9.52. The molecule has 0 fully saturated rings. The Morgan fingerprint density at radius 1 is 0.650 bits per heavy atom. The summed E-state index contributed by atoms with van der Waals surface area (Å²) in [6.45, 7) is 1.13. The maximum Gasteiger partial charge on any atom is 0.411 e. The van der Waals surface area contributed by atoms with Gasteiger partial charge in [-0.2, -0.15) is 26.3 Å². The van der Waals surface area contributed by atoms with Crippen molar-refractivity contribution in [2.24, 2.45) is 7.05 Å². The van der Waals surface area contributed by atoms with Crippen molar-refractivity contribution in [1.29, 1.82) is 0 Å². The molecule has 0 amide bonds. The van der Waals surface area contributed by atoms with E-state index in [1.807, 2.05) is 0 Å². The van der Waals surface area contributed by atoms with Crippen LogP contribution < -0.4 is 0 Å². The quantitative estimate of drug-likeness (QED) is 0.163. The number of benzene rings is 2. The van der Waals surface area contributed by atoms with Gasteiger partial charge in [0.1, 0.15) is 11.5 Å². The van der Waals surface area contributed by atoms with Crippen LogP contribution in [0.2, 0.25) is 0 Å². The van der Waals surface area contributed by atoms with Gasteiger partial charge in [-0.25, -0.2) is 4.57 Å². The first-order chi connectivity index (χ1) is 18.4. The average Bonchev–Trinajstić information content (AvgIpc) is 3.41. The second-order valence-electron chi connectivity index (χ2n) is 9.52. The average molecular weight is 570 g/mol. The van der Waals surface area contributed by atoms with Crippen LogP contribution in [-0.2, 0) is 18.9 Å². The van der Waals surface area contributed by atoms with Gasteiger partial charge in [-0.15, -0.1) is 0 Å². The number of halogens is 6. The number of phenols is 2. The number of fused-ring (bicyclic) bond motifs is 3. The standard InChI is InChI=1S/C26H20F6N2O6/c1-10-7-11(3-5-16(10)35)24(25(27,28)29,26(30,31)32)12-4-6-17(36)15(8-12)34-21(38)14-9-13-18(19(14)23(34)40)22(39)33(2)20(13)37/h3-8,35-40H,9H2,1-2H3. The van der Waals surface area contributed by atoms with E-state index >= 15 is 0 Å². The normalized spacial score (nSPS) is 13.5. The molecule has 0 aliphatic heterocycles. The molecule has 8 nitrogen and oxygen atoms in total. The van der Waals surface area contributed by atoms with Crippen molar-refractivity contribution in [3.8, 4) is 51.8 Å². The predicted molar refractivity (Wildman–Crippen MR) is 127 cm³/mol. The molecule has 0 unspecified atom stereocenters. The van der Waals surface area contributed by atoms with Gasteiger partial charge in [0.15, 0.2) is 5.88 Å². The third kappa shape index (κ3) is 3.27. The molecule has 6 N–H and O–H groups in total. The molecule has 1 aliphatic rings. The molecule has 0 radical (unpaired) electrons. The summed E-state index contributed by atoms with van der Waals surface area (Å²) in [4.78, 5) is 0. The van der Waals surface area contributed by atoms with Crippen molar-refractivity contribution in [2.75, 3.05) is 0 Å². The molecule has 2 aromatic carbocycles. The summed E-state index contributed by atoms with van der Waals surface area (Å²) >= 11 is 0. The molecule has 14 heteroatoms. The number of nitrogens with zero attached hydrogens (tertiary/aromatic N) is 2. The Morgan fingerprint density at radius 2 is 1.15 bits per heavy atom. The SMILES string of the molecule is Cc1cc(C(c2ccc(O)c(-n3c(O)c4c(c3O)-c3c(c(O)n(C)c3O)C4)c2)(C(F)(F)F)C(F)(F)F)ccc1O. The van der Waals surface area contributed by atoms with Crippen molar-refractivity contribution in [1.82, 2.24) is 9.13 Å². The van der Waals surface area contributed by atoms with Gasteiger partial charge in [0.05, 0.1) is 16.8 Å². The Morgan fingerprint density at radius 3 is 1.70 bits per heavy atom. The number of aromatic nitrogens is 2. The number of alkyl halides is 6. The molecule has 4 aromatic rings. The first kappa shape index (κ1) is 27.0. The zero-order chi connectivity index (χ0) is 29.7. The number of rotatable bonds is 3. The van der Waals surface area contributed by atoms with Gasteiger partial charge in [0.2, 0.25) is 23.1 Å². The molecule has 0 bridgehead atoms. The predicted octanol–water partition coefficient (Wildman–Crippen LogP) is 5.34. The van der Waals surface area contributed by atoms with Crippen LogP contribution in [0.5, 0.6) is 35.0 Å². The van der Waals surface area contributed by atoms with E-state index in [2.05, 4.69) is 0 Å². The Bertz CT molecular complexity index is 1690. The van der Waals surface area contributed by atoms with Gasteiger partial charge in [-0.1, -0.05) is 18.2 Å². The lowest BCUT2D eigenvalue weighted by atomic mass is 9.72. The number of phenolic OH excluding ortho intramolecular Hbond substituents is 2. The molecule has 0 spiro atoms. The molecule has 0 atom stereocenters. The van der Waals surface area contributed by atoms with E-state index in [4.69, 9.17) is 0 Å². The van der Waals surface area contributed by atoms with E-state index in [1.54, 1.807) is 0 Å². The van der Waals surface area contributed by atoms with Crippen molar-refractivity contribution in [3.63, 3.8) is 0 Å². The van der Waals surface area contributed by atoms with E-state index in [0.29, 0.717) is 41.0 Å². The smallest absolute Gasteiger partial charge is 0.411 e. The Kier molecular flexibility index (Phi) is 5.52. The number of hydrogen-bond acceptors (Lipinski definition) is 6. The first-order valence-corrected chi connectivity index (χ1v) is 11.5. The third-order valence-electron chi connectivity index (χ3n) is 7.38. The minimum absolute atomic E-state index is 0.0921. The Balaban J connectivity index is 1.81. The fourth-order valence-corrected chi connectivity index (χ4v) is 5.38.